The number of fused-ring (bicyclic) bond motifs is 1. The summed E-state index contributed by atoms with van der Waals surface area (Å²) < 4.78 is 1.81. The molecule has 0 unspecified atom stereocenters. The monoisotopic (exact) mass is 297 g/mol. The van der Waals surface area contributed by atoms with Crippen molar-refractivity contribution in [3.05, 3.63) is 60.0 Å². The second kappa shape index (κ2) is 5.49. The molecule has 21 heavy (non-hydrogen) atoms. The number of hydrogen-bond acceptors (Lipinski definition) is 4. The first-order valence-corrected chi connectivity index (χ1v) is 6.94. The number of nitrogens with two attached hydrogens (primary N) is 1. The van der Waals surface area contributed by atoms with Crippen LogP contribution in [0.15, 0.2) is 48.9 Å². The molecule has 5 nitrogen and oxygen atoms in total. The van der Waals surface area contributed by atoms with Crippen molar-refractivity contribution < 1.29 is 0 Å². The van der Waals surface area contributed by atoms with Crippen molar-refractivity contribution in [3.63, 3.8) is 0 Å². The lowest BCUT2D eigenvalue weighted by atomic mass is 10.1. The van der Waals surface area contributed by atoms with Crippen molar-refractivity contribution in [3.8, 4) is 0 Å². The normalized spacial score (nSPS) is 10.7. The third-order valence-electron chi connectivity index (χ3n) is 3.30. The van der Waals surface area contributed by atoms with E-state index in [4.69, 9.17) is 18.0 Å². The van der Waals surface area contributed by atoms with Crippen LogP contribution in [0.1, 0.15) is 11.1 Å². The zero-order valence-corrected chi connectivity index (χ0v) is 12.4. The van der Waals surface area contributed by atoms with Gasteiger partial charge in [0, 0.05) is 31.5 Å². The first-order chi connectivity index (χ1) is 10.1. The minimum absolute atomic E-state index is 0.413. The summed E-state index contributed by atoms with van der Waals surface area (Å²) in [7, 11) is 2.00. The largest absolute Gasteiger partial charge is 0.389 e. The summed E-state index contributed by atoms with van der Waals surface area (Å²) in [6, 6.07) is 9.89. The third-order valence-corrected chi connectivity index (χ3v) is 3.53. The summed E-state index contributed by atoms with van der Waals surface area (Å²) in [5, 5.41) is 4.22. The predicted molar refractivity (Wildman–Crippen MR) is 87.4 cm³/mol. The molecule has 0 bridgehead atoms. The Labute approximate surface area is 128 Å². The molecule has 0 saturated carbocycles. The number of rotatable bonds is 4. The summed E-state index contributed by atoms with van der Waals surface area (Å²) in [6.07, 6.45) is 5.35. The van der Waals surface area contributed by atoms with Crippen LogP contribution < -0.4 is 10.6 Å². The Morgan fingerprint density at radius 3 is 3.00 bits per heavy atom. The number of benzene rings is 1. The molecule has 0 aliphatic carbocycles. The van der Waals surface area contributed by atoms with Crippen molar-refractivity contribution in [2.24, 2.45) is 5.73 Å². The quantitative estimate of drug-likeness (QED) is 0.746. The Kier molecular flexibility index (Phi) is 3.53. The van der Waals surface area contributed by atoms with Gasteiger partial charge in [0.2, 0.25) is 0 Å². The van der Waals surface area contributed by atoms with Crippen LogP contribution in [-0.2, 0) is 6.54 Å². The Morgan fingerprint density at radius 2 is 2.19 bits per heavy atom. The van der Waals surface area contributed by atoms with E-state index in [2.05, 4.69) is 21.0 Å². The van der Waals surface area contributed by atoms with Gasteiger partial charge in [0.25, 0.3) is 0 Å². The maximum atomic E-state index is 5.68. The highest BCUT2D eigenvalue weighted by atomic mass is 32.1. The summed E-state index contributed by atoms with van der Waals surface area (Å²) in [5.74, 6) is 0.885. The topological polar surface area (TPSA) is 59.5 Å². The van der Waals surface area contributed by atoms with Crippen LogP contribution in [0.5, 0.6) is 0 Å². The molecule has 0 fully saturated rings. The van der Waals surface area contributed by atoms with Gasteiger partial charge < -0.3 is 10.6 Å². The van der Waals surface area contributed by atoms with Gasteiger partial charge in [-0.3, -0.25) is 0 Å². The molecule has 6 heteroatoms. The number of anilines is 1. The maximum Gasteiger partial charge on any atom is 0.154 e. The van der Waals surface area contributed by atoms with Crippen LogP contribution in [0.25, 0.3) is 5.52 Å². The van der Waals surface area contributed by atoms with Crippen LogP contribution >= 0.6 is 12.2 Å². The zero-order valence-electron chi connectivity index (χ0n) is 11.6. The summed E-state index contributed by atoms with van der Waals surface area (Å²) in [6.45, 7) is 0.717. The molecular formula is C15H15N5S. The number of hydrogen-bond donors (Lipinski definition) is 1. The Hall–Kier alpha value is -2.47. The molecule has 0 atom stereocenters. The van der Waals surface area contributed by atoms with Crippen molar-refractivity contribution in [2.45, 2.75) is 6.54 Å². The lowest BCUT2D eigenvalue weighted by Gasteiger charge is -2.19. The van der Waals surface area contributed by atoms with Gasteiger partial charge in [0.05, 0.1) is 6.20 Å². The van der Waals surface area contributed by atoms with Crippen molar-refractivity contribution in [2.75, 3.05) is 11.9 Å². The average molecular weight is 297 g/mol. The SMILES string of the molecule is CN(Cc1cccc(C(N)=S)c1)c1nccn2nccc12. The minimum Gasteiger partial charge on any atom is -0.389 e. The van der Waals surface area contributed by atoms with Crippen LogP contribution in [0.2, 0.25) is 0 Å². The van der Waals surface area contributed by atoms with Gasteiger partial charge >= 0.3 is 0 Å². The number of nitrogens with zero attached hydrogens (tertiary/aromatic N) is 4. The molecule has 0 amide bonds. The number of thiocarbonyl (C=S) groups is 1. The minimum atomic E-state index is 0.413. The second-order valence-electron chi connectivity index (χ2n) is 4.83. The molecule has 1 aromatic carbocycles. The third kappa shape index (κ3) is 2.71. The van der Waals surface area contributed by atoms with Gasteiger partial charge in [-0.15, -0.1) is 0 Å². The zero-order chi connectivity index (χ0) is 14.8. The molecule has 2 N–H and O–H groups in total. The maximum absolute atomic E-state index is 5.68. The molecule has 2 aromatic heterocycles. The van der Waals surface area contributed by atoms with Crippen LogP contribution in [0, 0.1) is 0 Å². The highest BCUT2D eigenvalue weighted by Gasteiger charge is 2.09. The Balaban J connectivity index is 1.89. The van der Waals surface area contributed by atoms with Crippen LogP contribution in [0.3, 0.4) is 0 Å². The van der Waals surface area contributed by atoms with Crippen molar-refractivity contribution in [1.29, 1.82) is 0 Å². The smallest absolute Gasteiger partial charge is 0.154 e. The fourth-order valence-corrected chi connectivity index (χ4v) is 2.44. The van der Waals surface area contributed by atoms with Gasteiger partial charge in [-0.2, -0.15) is 5.10 Å². The van der Waals surface area contributed by atoms with E-state index in [1.807, 2.05) is 42.0 Å². The van der Waals surface area contributed by atoms with E-state index in [-0.39, 0.29) is 0 Å². The average Bonchev–Trinajstić information content (AvgIpc) is 2.95. The first-order valence-electron chi connectivity index (χ1n) is 6.53. The molecule has 0 saturated heterocycles. The molecule has 3 rings (SSSR count). The lowest BCUT2D eigenvalue weighted by molar-refractivity contribution is 0.876. The van der Waals surface area contributed by atoms with Gasteiger partial charge in [0.1, 0.15) is 10.5 Å². The van der Waals surface area contributed by atoms with Crippen molar-refractivity contribution >= 4 is 28.5 Å². The fourth-order valence-electron chi connectivity index (χ4n) is 2.31. The molecule has 3 aromatic rings. The first kappa shape index (κ1) is 13.5. The summed E-state index contributed by atoms with van der Waals surface area (Å²) in [4.78, 5) is 6.94. The Morgan fingerprint density at radius 1 is 1.33 bits per heavy atom. The molecule has 0 radical (unpaired) electrons. The standard InChI is InChI=1S/C15H15N5S/c1-19(10-11-3-2-4-12(9-11)14(16)21)15-13-5-6-18-20(13)8-7-17-15/h2-9H,10H2,1H3,(H2,16,21). The Bertz CT molecular complexity index is 795. The van der Waals surface area contributed by atoms with Gasteiger partial charge in [-0.25, -0.2) is 9.50 Å². The molecule has 0 aliphatic rings. The van der Waals surface area contributed by atoms with E-state index < -0.39 is 0 Å². The molecule has 2 heterocycles. The van der Waals surface area contributed by atoms with E-state index in [0.717, 1.165) is 22.5 Å². The molecule has 0 aliphatic heterocycles. The van der Waals surface area contributed by atoms with E-state index in [1.54, 1.807) is 12.4 Å². The molecule has 0 spiro atoms. The van der Waals surface area contributed by atoms with Gasteiger partial charge in [0.15, 0.2) is 5.82 Å². The van der Waals surface area contributed by atoms with Crippen molar-refractivity contribution in [1.82, 2.24) is 14.6 Å². The predicted octanol–water partition coefficient (Wildman–Crippen LogP) is 2.00. The van der Waals surface area contributed by atoms with E-state index in [9.17, 15) is 0 Å². The van der Waals surface area contributed by atoms with Crippen LogP contribution in [-0.4, -0.2) is 26.6 Å². The summed E-state index contributed by atoms with van der Waals surface area (Å²) >= 11 is 5.02. The molecular weight excluding hydrogens is 282 g/mol. The fraction of sp³-hybridized carbons (Fsp3) is 0.133. The van der Waals surface area contributed by atoms with E-state index in [0.29, 0.717) is 11.5 Å². The number of aromatic nitrogens is 3. The lowest BCUT2D eigenvalue weighted by Crippen LogP contribution is -2.19. The van der Waals surface area contributed by atoms with E-state index in [1.165, 1.54) is 0 Å². The second-order valence-corrected chi connectivity index (χ2v) is 5.27. The van der Waals surface area contributed by atoms with Gasteiger partial charge in [-0.05, 0) is 17.7 Å². The van der Waals surface area contributed by atoms with E-state index >= 15 is 0 Å². The van der Waals surface area contributed by atoms with Gasteiger partial charge in [-0.1, -0.05) is 30.4 Å². The van der Waals surface area contributed by atoms with Crippen LogP contribution in [0.4, 0.5) is 5.82 Å². The highest BCUT2D eigenvalue weighted by Crippen LogP contribution is 2.19. The highest BCUT2D eigenvalue weighted by molar-refractivity contribution is 7.80. The molecule has 106 valence electrons. The summed E-state index contributed by atoms with van der Waals surface area (Å²) in [5.41, 5.74) is 8.67.